The molecule has 0 aromatic rings. The molecule has 0 saturated carbocycles. The van der Waals surface area contributed by atoms with Crippen molar-refractivity contribution in [1.82, 2.24) is 0 Å². The van der Waals surface area contributed by atoms with E-state index in [-0.39, 0.29) is 29.6 Å². The molecule has 0 aromatic heterocycles. The Balaban J connectivity index is 0. The topological polar surface area (TPSA) is 86.7 Å². The van der Waals surface area contributed by atoms with Crippen molar-refractivity contribution < 1.29 is 52.4 Å². The van der Waals surface area contributed by atoms with Crippen molar-refractivity contribution in [3.05, 3.63) is 12.3 Å². The molecule has 0 amide bonds. The van der Waals surface area contributed by atoms with Crippen LogP contribution in [0.3, 0.4) is 0 Å². The molecule has 0 aliphatic carbocycles. The van der Waals surface area contributed by atoms with E-state index in [0.717, 1.165) is 6.26 Å². The largest absolute Gasteiger partial charge is 1.00 e. The Bertz CT molecular complexity index is 222. The molecule has 0 radical (unpaired) electrons. The van der Waals surface area contributed by atoms with Gasteiger partial charge in [0.1, 0.15) is 10.1 Å². The molecular weight excluding hydrogens is 195 g/mol. The smallest absolute Gasteiger partial charge is 0.745 e. The molecule has 0 fully saturated rings. The second-order valence-corrected chi connectivity index (χ2v) is 3.22. The van der Waals surface area contributed by atoms with Crippen LogP contribution in [-0.2, 0) is 14.9 Å². The summed E-state index contributed by atoms with van der Waals surface area (Å²) >= 11 is 0. The molecule has 0 aromatic carbocycles. The van der Waals surface area contributed by atoms with Gasteiger partial charge in [-0.1, -0.05) is 6.08 Å². The molecule has 1 N–H and O–H groups in total. The van der Waals surface area contributed by atoms with Crippen molar-refractivity contribution in [3.63, 3.8) is 0 Å². The minimum absolute atomic E-state index is 0. The molecule has 0 spiro atoms. The third kappa shape index (κ3) is 5.99. The van der Waals surface area contributed by atoms with Crippen LogP contribution in [0.15, 0.2) is 12.3 Å². The van der Waals surface area contributed by atoms with Crippen LogP contribution in [0.2, 0.25) is 0 Å². The average molecular weight is 204 g/mol. The fraction of sp³-hybridized carbons (Fsp3) is 0.600. The summed E-state index contributed by atoms with van der Waals surface area (Å²) in [5, 5.41) is 8.35. The molecule has 12 heavy (non-hydrogen) atoms. The van der Waals surface area contributed by atoms with Gasteiger partial charge in [-0.05, 0) is 6.92 Å². The first-order valence-electron chi connectivity index (χ1n) is 2.84. The number of ether oxygens (including phenoxy) is 1. The maximum Gasteiger partial charge on any atom is 1.00 e. The number of hydrogen-bond acceptors (Lipinski definition) is 5. The van der Waals surface area contributed by atoms with E-state index in [0.29, 0.717) is 0 Å². The molecule has 66 valence electrons. The molecule has 1 atom stereocenters. The van der Waals surface area contributed by atoms with Crippen molar-refractivity contribution in [2.75, 3.05) is 6.61 Å². The Labute approximate surface area is 93.5 Å². The van der Waals surface area contributed by atoms with Gasteiger partial charge in [0.25, 0.3) is 0 Å². The van der Waals surface area contributed by atoms with Crippen molar-refractivity contribution in [2.24, 2.45) is 0 Å². The Hall–Kier alpha value is 0.410. The molecule has 0 bridgehead atoms. The van der Waals surface area contributed by atoms with Crippen LogP contribution in [0, 0.1) is 0 Å². The third-order valence-electron chi connectivity index (χ3n) is 0.837. The van der Waals surface area contributed by atoms with Crippen LogP contribution in [-0.4, -0.2) is 30.1 Å². The zero-order valence-electron chi connectivity index (χ0n) is 6.93. The van der Waals surface area contributed by atoms with Gasteiger partial charge >= 0.3 is 29.6 Å². The Morgan fingerprint density at radius 3 is 2.42 bits per heavy atom. The Morgan fingerprint density at radius 1 is 1.67 bits per heavy atom. The van der Waals surface area contributed by atoms with Gasteiger partial charge in [0.2, 0.25) is 5.44 Å². The zero-order chi connectivity index (χ0) is 8.91. The Kier molecular flexibility index (Phi) is 8.54. The Morgan fingerprint density at radius 2 is 2.17 bits per heavy atom. The molecule has 7 heteroatoms. The third-order valence-corrected chi connectivity index (χ3v) is 1.74. The van der Waals surface area contributed by atoms with Crippen LogP contribution in [0.1, 0.15) is 6.92 Å². The van der Waals surface area contributed by atoms with Gasteiger partial charge in [0.05, 0.1) is 12.9 Å². The summed E-state index contributed by atoms with van der Waals surface area (Å²) in [6.45, 7) is 0.752. The van der Waals surface area contributed by atoms with E-state index < -0.39 is 22.2 Å². The van der Waals surface area contributed by atoms with Crippen LogP contribution in [0.5, 0.6) is 0 Å². The molecule has 0 aliphatic rings. The maximum atomic E-state index is 10.2. The molecule has 0 rings (SSSR count). The van der Waals surface area contributed by atoms with Gasteiger partial charge in [-0.15, -0.1) is 0 Å². The van der Waals surface area contributed by atoms with Crippen LogP contribution < -0.4 is 29.6 Å². The SMILES string of the molecule is CC=COC(CO)S(=O)(=O)[O-].[Na+]. The normalized spacial score (nSPS) is 13.9. The van der Waals surface area contributed by atoms with Gasteiger partial charge < -0.3 is 14.4 Å². The number of hydrogen-bond donors (Lipinski definition) is 1. The minimum atomic E-state index is -4.56. The quantitative estimate of drug-likeness (QED) is 0.290. The summed E-state index contributed by atoms with van der Waals surface area (Å²) < 4.78 is 35.0. The van der Waals surface area contributed by atoms with E-state index in [2.05, 4.69) is 4.74 Å². The standard InChI is InChI=1S/C5H10O5S.Na/c1-2-3-10-5(4-6)11(7,8)9;/h2-3,5-6H,4H2,1H3,(H,7,8,9);/q;+1/p-1. The molecule has 1 unspecified atom stereocenters. The number of allylic oxidation sites excluding steroid dienone is 1. The molecule has 5 nitrogen and oxygen atoms in total. The van der Waals surface area contributed by atoms with E-state index in [9.17, 15) is 13.0 Å². The summed E-state index contributed by atoms with van der Waals surface area (Å²) in [6, 6.07) is 0. The van der Waals surface area contributed by atoms with Crippen molar-refractivity contribution in [3.8, 4) is 0 Å². The first-order valence-corrected chi connectivity index (χ1v) is 4.31. The molecule has 0 aliphatic heterocycles. The maximum absolute atomic E-state index is 10.2. The van der Waals surface area contributed by atoms with E-state index in [1.807, 2.05) is 0 Å². The van der Waals surface area contributed by atoms with Crippen molar-refractivity contribution in [2.45, 2.75) is 12.4 Å². The minimum Gasteiger partial charge on any atom is -0.745 e. The number of rotatable bonds is 4. The monoisotopic (exact) mass is 204 g/mol. The summed E-state index contributed by atoms with van der Waals surface area (Å²) in [5.74, 6) is 0. The van der Waals surface area contributed by atoms with Crippen LogP contribution in [0.25, 0.3) is 0 Å². The fourth-order valence-corrected chi connectivity index (χ4v) is 0.751. The van der Waals surface area contributed by atoms with Gasteiger partial charge in [-0.25, -0.2) is 8.42 Å². The van der Waals surface area contributed by atoms with Gasteiger partial charge in [-0.2, -0.15) is 0 Å². The van der Waals surface area contributed by atoms with Crippen molar-refractivity contribution >= 4 is 10.1 Å². The van der Waals surface area contributed by atoms with Crippen LogP contribution >= 0.6 is 0 Å². The number of aliphatic hydroxyl groups is 1. The summed E-state index contributed by atoms with van der Waals surface area (Å²) in [5.41, 5.74) is -1.70. The van der Waals surface area contributed by atoms with E-state index in [1.165, 1.54) is 6.08 Å². The predicted octanol–water partition coefficient (Wildman–Crippen LogP) is -3.60. The second-order valence-electron chi connectivity index (χ2n) is 1.71. The van der Waals surface area contributed by atoms with E-state index >= 15 is 0 Å². The number of aliphatic hydroxyl groups excluding tert-OH is 1. The first-order chi connectivity index (χ1) is 5.02. The average Bonchev–Trinajstić information content (AvgIpc) is 1.87. The molecular formula is C5H9NaO5S. The fourth-order valence-electron chi connectivity index (χ4n) is 0.369. The van der Waals surface area contributed by atoms with Crippen molar-refractivity contribution in [1.29, 1.82) is 0 Å². The molecule has 0 heterocycles. The van der Waals surface area contributed by atoms with Crippen LogP contribution in [0.4, 0.5) is 0 Å². The predicted molar refractivity (Wildman–Crippen MR) is 36.5 cm³/mol. The molecule has 0 saturated heterocycles. The zero-order valence-corrected chi connectivity index (χ0v) is 9.74. The van der Waals surface area contributed by atoms with E-state index in [1.54, 1.807) is 6.92 Å². The van der Waals surface area contributed by atoms with Gasteiger partial charge in [-0.3, -0.25) is 0 Å². The second kappa shape index (κ2) is 6.88. The first kappa shape index (κ1) is 14.9. The van der Waals surface area contributed by atoms with Gasteiger partial charge in [0.15, 0.2) is 0 Å². The van der Waals surface area contributed by atoms with Gasteiger partial charge in [0, 0.05) is 0 Å². The summed E-state index contributed by atoms with van der Waals surface area (Å²) in [4.78, 5) is 0. The summed E-state index contributed by atoms with van der Waals surface area (Å²) in [6.07, 6.45) is 2.45. The summed E-state index contributed by atoms with van der Waals surface area (Å²) in [7, 11) is -4.56. The van der Waals surface area contributed by atoms with E-state index in [4.69, 9.17) is 5.11 Å².